The highest BCUT2D eigenvalue weighted by Gasteiger charge is 2.37. The highest BCUT2D eigenvalue weighted by Crippen LogP contribution is 2.44. The molecule has 2 aliphatic rings. The van der Waals surface area contributed by atoms with Crippen LogP contribution in [0.15, 0.2) is 43.0 Å². The molecule has 0 bridgehead atoms. The first-order chi connectivity index (χ1) is 13.5. The molecule has 28 heavy (non-hydrogen) atoms. The number of aryl methyl sites for hydroxylation is 3. The summed E-state index contributed by atoms with van der Waals surface area (Å²) in [5.41, 5.74) is 8.32. The summed E-state index contributed by atoms with van der Waals surface area (Å²) in [7, 11) is 0. The largest absolute Gasteiger partial charge is 0.371 e. The van der Waals surface area contributed by atoms with E-state index in [9.17, 15) is 4.39 Å². The van der Waals surface area contributed by atoms with Crippen LogP contribution in [0.3, 0.4) is 0 Å². The summed E-state index contributed by atoms with van der Waals surface area (Å²) < 4.78 is 13.5. The SMILES string of the molecule is C=C(c1ccc(CC)c(CC)c1)N1CCC2(CCc3cc(F)ccc3C2)CC1. The first-order valence-corrected chi connectivity index (χ1v) is 10.9. The van der Waals surface area contributed by atoms with E-state index in [-0.39, 0.29) is 5.82 Å². The summed E-state index contributed by atoms with van der Waals surface area (Å²) >= 11 is 0. The van der Waals surface area contributed by atoms with Gasteiger partial charge in [0.1, 0.15) is 5.82 Å². The van der Waals surface area contributed by atoms with E-state index < -0.39 is 0 Å². The molecule has 0 N–H and O–H groups in total. The molecule has 1 aliphatic carbocycles. The Morgan fingerprint density at radius 3 is 2.43 bits per heavy atom. The zero-order chi connectivity index (χ0) is 19.7. The third kappa shape index (κ3) is 3.62. The normalized spacial score (nSPS) is 18.2. The number of fused-ring (bicyclic) bond motifs is 1. The van der Waals surface area contributed by atoms with Crippen molar-refractivity contribution in [3.8, 4) is 0 Å². The maximum atomic E-state index is 13.5. The molecule has 2 aromatic carbocycles. The molecule has 1 fully saturated rings. The van der Waals surface area contributed by atoms with Crippen LogP contribution in [0.5, 0.6) is 0 Å². The summed E-state index contributed by atoms with van der Waals surface area (Å²) in [4.78, 5) is 2.48. The minimum Gasteiger partial charge on any atom is -0.371 e. The lowest BCUT2D eigenvalue weighted by atomic mass is 9.66. The lowest BCUT2D eigenvalue weighted by molar-refractivity contribution is 0.123. The van der Waals surface area contributed by atoms with Crippen molar-refractivity contribution in [2.75, 3.05) is 13.1 Å². The monoisotopic (exact) mass is 377 g/mol. The third-order valence-electron chi connectivity index (χ3n) is 7.17. The number of piperidine rings is 1. The van der Waals surface area contributed by atoms with E-state index in [2.05, 4.69) is 43.5 Å². The molecule has 0 saturated carbocycles. The van der Waals surface area contributed by atoms with Crippen molar-refractivity contribution in [3.63, 3.8) is 0 Å². The smallest absolute Gasteiger partial charge is 0.123 e. The van der Waals surface area contributed by atoms with Crippen LogP contribution >= 0.6 is 0 Å². The lowest BCUT2D eigenvalue weighted by Gasteiger charge is -2.46. The predicted octanol–water partition coefficient (Wildman–Crippen LogP) is 6.19. The molecular formula is C26H32FN. The van der Waals surface area contributed by atoms with Gasteiger partial charge >= 0.3 is 0 Å². The summed E-state index contributed by atoms with van der Waals surface area (Å²) in [5.74, 6) is -0.0960. The summed E-state index contributed by atoms with van der Waals surface area (Å²) in [6.07, 6.45) is 7.89. The predicted molar refractivity (Wildman–Crippen MR) is 116 cm³/mol. The van der Waals surface area contributed by atoms with Crippen molar-refractivity contribution >= 4 is 5.70 Å². The average Bonchev–Trinajstić information content (AvgIpc) is 2.73. The molecule has 2 heteroatoms. The summed E-state index contributed by atoms with van der Waals surface area (Å²) in [6.45, 7) is 11.1. The minimum atomic E-state index is -0.0960. The van der Waals surface area contributed by atoms with Gasteiger partial charge in [0.25, 0.3) is 0 Å². The molecule has 4 rings (SSSR count). The van der Waals surface area contributed by atoms with Gasteiger partial charge in [-0.25, -0.2) is 4.39 Å². The van der Waals surface area contributed by atoms with Gasteiger partial charge < -0.3 is 4.90 Å². The Balaban J connectivity index is 1.44. The minimum absolute atomic E-state index is 0.0960. The van der Waals surface area contributed by atoms with Gasteiger partial charge in [-0.15, -0.1) is 0 Å². The third-order valence-corrected chi connectivity index (χ3v) is 7.17. The second kappa shape index (κ2) is 7.73. The van der Waals surface area contributed by atoms with Crippen LogP contribution < -0.4 is 0 Å². The van der Waals surface area contributed by atoms with E-state index in [4.69, 9.17) is 0 Å². The Morgan fingerprint density at radius 2 is 1.71 bits per heavy atom. The van der Waals surface area contributed by atoms with Gasteiger partial charge in [-0.2, -0.15) is 0 Å². The van der Waals surface area contributed by atoms with Crippen LogP contribution in [0.4, 0.5) is 4.39 Å². The number of hydrogen-bond donors (Lipinski definition) is 0. The van der Waals surface area contributed by atoms with Crippen molar-refractivity contribution in [1.29, 1.82) is 0 Å². The van der Waals surface area contributed by atoms with Gasteiger partial charge in [0.05, 0.1) is 0 Å². The first kappa shape index (κ1) is 19.2. The van der Waals surface area contributed by atoms with E-state index in [0.29, 0.717) is 5.41 Å². The molecule has 1 saturated heterocycles. The zero-order valence-corrected chi connectivity index (χ0v) is 17.4. The van der Waals surface area contributed by atoms with Gasteiger partial charge in [-0.3, -0.25) is 0 Å². The maximum Gasteiger partial charge on any atom is 0.123 e. The molecule has 148 valence electrons. The highest BCUT2D eigenvalue weighted by atomic mass is 19.1. The molecule has 0 amide bonds. The molecule has 1 nitrogen and oxygen atoms in total. The lowest BCUT2D eigenvalue weighted by Crippen LogP contribution is -2.42. The van der Waals surface area contributed by atoms with Crippen LogP contribution in [0.2, 0.25) is 0 Å². The fourth-order valence-corrected chi connectivity index (χ4v) is 5.23. The average molecular weight is 378 g/mol. The Kier molecular flexibility index (Phi) is 5.31. The maximum absolute atomic E-state index is 13.5. The quantitative estimate of drug-likeness (QED) is 0.614. The molecule has 0 unspecified atom stereocenters. The molecule has 1 aliphatic heterocycles. The number of benzene rings is 2. The molecule has 1 spiro atoms. The summed E-state index contributed by atoms with van der Waals surface area (Å²) in [6, 6.07) is 12.2. The van der Waals surface area contributed by atoms with Gasteiger partial charge in [-0.1, -0.05) is 38.6 Å². The molecule has 2 aromatic rings. The van der Waals surface area contributed by atoms with E-state index in [1.165, 1.54) is 52.8 Å². The van der Waals surface area contributed by atoms with Gasteiger partial charge in [0.15, 0.2) is 0 Å². The standard InChI is InChI=1S/C26H32FN/c1-4-20-6-7-22(16-21(20)5-2)19(3)28-14-12-26(13-15-28)11-10-23-17-25(27)9-8-24(23)18-26/h6-9,16-17H,3-5,10-15,18H2,1-2H3. The molecule has 0 radical (unpaired) electrons. The fraction of sp³-hybridized carbons (Fsp3) is 0.462. The van der Waals surface area contributed by atoms with Crippen LogP contribution in [0.25, 0.3) is 5.70 Å². The van der Waals surface area contributed by atoms with Gasteiger partial charge in [-0.05, 0) is 96.4 Å². The van der Waals surface area contributed by atoms with E-state index in [1.54, 1.807) is 12.1 Å². The second-order valence-corrected chi connectivity index (χ2v) is 8.71. The number of likely N-dealkylation sites (tertiary alicyclic amines) is 1. The number of rotatable bonds is 4. The van der Waals surface area contributed by atoms with Crippen molar-refractivity contribution < 1.29 is 4.39 Å². The molecular weight excluding hydrogens is 345 g/mol. The van der Waals surface area contributed by atoms with Gasteiger partial charge in [0.2, 0.25) is 0 Å². The van der Waals surface area contributed by atoms with Crippen molar-refractivity contribution in [2.24, 2.45) is 5.41 Å². The van der Waals surface area contributed by atoms with Gasteiger partial charge in [0, 0.05) is 18.8 Å². The number of hydrogen-bond acceptors (Lipinski definition) is 1. The fourth-order valence-electron chi connectivity index (χ4n) is 5.23. The van der Waals surface area contributed by atoms with Crippen LogP contribution in [-0.2, 0) is 25.7 Å². The molecule has 0 aromatic heterocycles. The zero-order valence-electron chi connectivity index (χ0n) is 17.4. The van der Waals surface area contributed by atoms with E-state index in [1.807, 2.05) is 6.07 Å². The highest BCUT2D eigenvalue weighted by molar-refractivity contribution is 5.63. The molecule has 0 atom stereocenters. The van der Waals surface area contributed by atoms with E-state index >= 15 is 0 Å². The first-order valence-electron chi connectivity index (χ1n) is 10.9. The van der Waals surface area contributed by atoms with Crippen molar-refractivity contribution in [2.45, 2.75) is 58.8 Å². The Labute approximate surface area is 169 Å². The Hall–Kier alpha value is -2.09. The van der Waals surface area contributed by atoms with Crippen molar-refractivity contribution in [3.05, 3.63) is 76.6 Å². The summed E-state index contributed by atoms with van der Waals surface area (Å²) in [5, 5.41) is 0. The second-order valence-electron chi connectivity index (χ2n) is 8.71. The van der Waals surface area contributed by atoms with Crippen LogP contribution in [0.1, 0.15) is 60.9 Å². The number of halogens is 1. The van der Waals surface area contributed by atoms with Crippen LogP contribution in [0, 0.1) is 11.2 Å². The van der Waals surface area contributed by atoms with Crippen LogP contribution in [-0.4, -0.2) is 18.0 Å². The topological polar surface area (TPSA) is 3.24 Å². The number of nitrogens with zero attached hydrogens (tertiary/aromatic N) is 1. The molecule has 1 heterocycles. The Bertz CT molecular complexity index is 874. The van der Waals surface area contributed by atoms with E-state index in [0.717, 1.165) is 38.8 Å². The van der Waals surface area contributed by atoms with Crippen molar-refractivity contribution in [1.82, 2.24) is 4.90 Å². The Morgan fingerprint density at radius 1 is 0.964 bits per heavy atom.